The number of ether oxygens (including phenoxy) is 1. The molecule has 2 aromatic carbocycles. The molecule has 0 spiro atoms. The Kier molecular flexibility index (Phi) is 5.75. The van der Waals surface area contributed by atoms with Crippen LogP contribution in [-0.2, 0) is 11.4 Å². The lowest BCUT2D eigenvalue weighted by Crippen LogP contribution is -2.37. The van der Waals surface area contributed by atoms with Gasteiger partial charge < -0.3 is 4.74 Å². The van der Waals surface area contributed by atoms with Gasteiger partial charge >= 0.3 is 0 Å². The molecule has 1 fully saturated rings. The fourth-order valence-corrected chi connectivity index (χ4v) is 3.72. The molecule has 2 heterocycles. The number of morpholine rings is 1. The zero-order chi connectivity index (χ0) is 18.8. The van der Waals surface area contributed by atoms with Gasteiger partial charge in [-0.2, -0.15) is 0 Å². The van der Waals surface area contributed by atoms with Crippen molar-refractivity contribution in [3.63, 3.8) is 0 Å². The van der Waals surface area contributed by atoms with Gasteiger partial charge in [0, 0.05) is 28.1 Å². The minimum Gasteiger partial charge on any atom is -0.379 e. The second-order valence-electron chi connectivity index (χ2n) is 6.30. The number of benzene rings is 2. The number of halogens is 2. The van der Waals surface area contributed by atoms with Crippen LogP contribution in [0.15, 0.2) is 53.0 Å². The van der Waals surface area contributed by atoms with Gasteiger partial charge in [0.05, 0.1) is 25.6 Å². The third-order valence-electron chi connectivity index (χ3n) is 4.46. The topological polar surface area (TPSA) is 35.2 Å². The minimum atomic E-state index is 0.645. The molecule has 140 valence electrons. The monoisotopic (exact) mass is 464 g/mol. The molecule has 0 atom stereocenters. The van der Waals surface area contributed by atoms with Crippen LogP contribution in [0.4, 0.5) is 0 Å². The molecular formula is C19H18BrClN4OS. The van der Waals surface area contributed by atoms with Crippen molar-refractivity contribution < 1.29 is 4.74 Å². The van der Waals surface area contributed by atoms with E-state index in [-0.39, 0.29) is 0 Å². The molecule has 0 aliphatic carbocycles. The molecule has 0 N–H and O–H groups in total. The van der Waals surface area contributed by atoms with E-state index in [2.05, 4.69) is 20.8 Å². The predicted molar refractivity (Wildman–Crippen MR) is 113 cm³/mol. The summed E-state index contributed by atoms with van der Waals surface area (Å²) in [6.45, 7) is 3.88. The molecule has 4 rings (SSSR count). The normalized spacial score (nSPS) is 15.2. The lowest BCUT2D eigenvalue weighted by molar-refractivity contribution is 0.0210. The van der Waals surface area contributed by atoms with Gasteiger partial charge in [-0.1, -0.05) is 27.5 Å². The van der Waals surface area contributed by atoms with E-state index < -0.39 is 0 Å². The van der Waals surface area contributed by atoms with E-state index in [0.717, 1.165) is 47.9 Å². The van der Waals surface area contributed by atoms with E-state index in [1.807, 2.05) is 57.8 Å². The van der Waals surface area contributed by atoms with Crippen molar-refractivity contribution in [3.8, 4) is 17.1 Å². The average molecular weight is 466 g/mol. The smallest absolute Gasteiger partial charge is 0.204 e. The highest BCUT2D eigenvalue weighted by atomic mass is 79.9. The molecule has 0 unspecified atom stereocenters. The highest BCUT2D eigenvalue weighted by Gasteiger charge is 2.17. The Bertz CT molecular complexity index is 978. The van der Waals surface area contributed by atoms with Gasteiger partial charge in [0.15, 0.2) is 5.82 Å². The van der Waals surface area contributed by atoms with E-state index in [9.17, 15) is 0 Å². The van der Waals surface area contributed by atoms with Gasteiger partial charge in [0.25, 0.3) is 0 Å². The number of hydrogen-bond donors (Lipinski definition) is 0. The molecular weight excluding hydrogens is 448 g/mol. The zero-order valence-electron chi connectivity index (χ0n) is 14.5. The van der Waals surface area contributed by atoms with Crippen LogP contribution in [-0.4, -0.2) is 45.6 Å². The molecule has 5 nitrogen and oxygen atoms in total. The number of nitrogens with zero attached hydrogens (tertiary/aromatic N) is 4. The largest absolute Gasteiger partial charge is 0.379 e. The Balaban J connectivity index is 1.80. The zero-order valence-corrected chi connectivity index (χ0v) is 17.7. The first-order chi connectivity index (χ1) is 13.1. The molecule has 8 heteroatoms. The number of rotatable bonds is 4. The fraction of sp³-hybridized carbons (Fsp3) is 0.263. The third kappa shape index (κ3) is 4.17. The quantitative estimate of drug-likeness (QED) is 0.520. The highest BCUT2D eigenvalue weighted by Crippen LogP contribution is 2.25. The maximum atomic E-state index is 6.06. The second-order valence-corrected chi connectivity index (χ2v) is 8.01. The molecule has 1 aromatic heterocycles. The predicted octanol–water partition coefficient (Wildman–Crippen LogP) is 4.78. The Morgan fingerprint density at radius 1 is 1.04 bits per heavy atom. The van der Waals surface area contributed by atoms with E-state index in [1.165, 1.54) is 0 Å². The molecule has 0 saturated carbocycles. The van der Waals surface area contributed by atoms with Crippen LogP contribution in [0.1, 0.15) is 0 Å². The lowest BCUT2D eigenvalue weighted by Gasteiger charge is -2.26. The van der Waals surface area contributed by atoms with Crippen LogP contribution in [0.2, 0.25) is 5.02 Å². The van der Waals surface area contributed by atoms with Crippen molar-refractivity contribution in [2.75, 3.05) is 26.3 Å². The van der Waals surface area contributed by atoms with E-state index in [1.54, 1.807) is 0 Å². The Morgan fingerprint density at radius 3 is 2.37 bits per heavy atom. The Labute approximate surface area is 176 Å². The van der Waals surface area contributed by atoms with Gasteiger partial charge in [0.2, 0.25) is 4.77 Å². The molecule has 1 saturated heterocycles. The maximum Gasteiger partial charge on any atom is 0.204 e. The summed E-state index contributed by atoms with van der Waals surface area (Å²) in [5.41, 5.74) is 1.94. The SMILES string of the molecule is S=c1n(CN2CCOCC2)nc(-c2ccc(Cl)cc2)n1-c1ccc(Br)cc1. The summed E-state index contributed by atoms with van der Waals surface area (Å²) in [4.78, 5) is 2.30. The summed E-state index contributed by atoms with van der Waals surface area (Å²) in [6, 6.07) is 15.7. The van der Waals surface area contributed by atoms with Crippen LogP contribution in [0.3, 0.4) is 0 Å². The van der Waals surface area contributed by atoms with Crippen molar-refractivity contribution in [3.05, 3.63) is 62.8 Å². The van der Waals surface area contributed by atoms with Gasteiger partial charge in [-0.25, -0.2) is 4.68 Å². The molecule has 3 aromatic rings. The van der Waals surface area contributed by atoms with E-state index in [0.29, 0.717) is 16.5 Å². The molecule has 1 aliphatic heterocycles. The fourth-order valence-electron chi connectivity index (χ4n) is 3.04. The van der Waals surface area contributed by atoms with Crippen molar-refractivity contribution in [1.82, 2.24) is 19.2 Å². The Hall–Kier alpha value is -1.51. The first-order valence-electron chi connectivity index (χ1n) is 8.64. The molecule has 27 heavy (non-hydrogen) atoms. The second kappa shape index (κ2) is 8.24. The van der Waals surface area contributed by atoms with E-state index in [4.69, 9.17) is 33.7 Å². The summed E-state index contributed by atoms with van der Waals surface area (Å²) in [6.07, 6.45) is 0. The first kappa shape index (κ1) is 18.8. The Morgan fingerprint density at radius 2 is 1.70 bits per heavy atom. The van der Waals surface area contributed by atoms with Crippen molar-refractivity contribution >= 4 is 39.7 Å². The molecule has 1 aliphatic rings. The molecule has 0 bridgehead atoms. The highest BCUT2D eigenvalue weighted by molar-refractivity contribution is 9.10. The van der Waals surface area contributed by atoms with Gasteiger partial charge in [-0.05, 0) is 60.7 Å². The lowest BCUT2D eigenvalue weighted by atomic mass is 10.2. The summed E-state index contributed by atoms with van der Waals surface area (Å²) in [5, 5.41) is 5.54. The third-order valence-corrected chi connectivity index (χ3v) is 5.64. The van der Waals surface area contributed by atoms with Gasteiger partial charge in [0.1, 0.15) is 0 Å². The minimum absolute atomic E-state index is 0.645. The summed E-state index contributed by atoms with van der Waals surface area (Å²) < 4.78 is 11.0. The van der Waals surface area contributed by atoms with Crippen LogP contribution in [0, 0.1) is 4.77 Å². The number of aromatic nitrogens is 3. The molecule has 0 amide bonds. The van der Waals surface area contributed by atoms with Gasteiger partial charge in [-0.15, -0.1) is 5.10 Å². The van der Waals surface area contributed by atoms with Crippen LogP contribution < -0.4 is 0 Å². The molecule has 0 radical (unpaired) electrons. The maximum absolute atomic E-state index is 6.06. The van der Waals surface area contributed by atoms with Gasteiger partial charge in [-0.3, -0.25) is 9.47 Å². The van der Waals surface area contributed by atoms with Crippen LogP contribution in [0.5, 0.6) is 0 Å². The standard InChI is InChI=1S/C19H18BrClN4OS/c20-15-3-7-17(8-4-15)25-18(14-1-5-16(21)6-2-14)22-24(19(25)27)13-23-9-11-26-12-10-23/h1-8H,9-13H2. The van der Waals surface area contributed by atoms with E-state index >= 15 is 0 Å². The van der Waals surface area contributed by atoms with Crippen LogP contribution >= 0.6 is 39.7 Å². The first-order valence-corrected chi connectivity index (χ1v) is 10.2. The number of hydrogen-bond acceptors (Lipinski definition) is 4. The summed E-state index contributed by atoms with van der Waals surface area (Å²) >= 11 is 15.3. The van der Waals surface area contributed by atoms with Crippen molar-refractivity contribution in [2.24, 2.45) is 0 Å². The van der Waals surface area contributed by atoms with Crippen molar-refractivity contribution in [1.29, 1.82) is 0 Å². The average Bonchev–Trinajstić information content (AvgIpc) is 3.00. The van der Waals surface area contributed by atoms with Crippen LogP contribution in [0.25, 0.3) is 17.1 Å². The summed E-state index contributed by atoms with van der Waals surface area (Å²) in [7, 11) is 0. The summed E-state index contributed by atoms with van der Waals surface area (Å²) in [5.74, 6) is 0.798. The van der Waals surface area contributed by atoms with Crippen molar-refractivity contribution in [2.45, 2.75) is 6.67 Å².